The number of aliphatic hydroxyl groups excluding tert-OH is 2. The van der Waals surface area contributed by atoms with Gasteiger partial charge in [-0.2, -0.15) is 0 Å². The van der Waals surface area contributed by atoms with Gasteiger partial charge in [0.25, 0.3) is 0 Å². The first-order chi connectivity index (χ1) is 33.5. The molecular formula is C57H82N4O8. The monoisotopic (exact) mass is 951 g/mol. The van der Waals surface area contributed by atoms with E-state index in [0.717, 1.165) is 127 Å². The van der Waals surface area contributed by atoms with E-state index in [0.29, 0.717) is 67.2 Å². The van der Waals surface area contributed by atoms with Crippen molar-refractivity contribution in [3.63, 3.8) is 0 Å². The van der Waals surface area contributed by atoms with Crippen LogP contribution in [0.25, 0.3) is 0 Å². The number of ketones is 1. The van der Waals surface area contributed by atoms with Crippen molar-refractivity contribution in [3.8, 4) is 35.0 Å². The van der Waals surface area contributed by atoms with Gasteiger partial charge in [-0.15, -0.1) is 0 Å². The van der Waals surface area contributed by atoms with Gasteiger partial charge in [0, 0.05) is 49.9 Å². The molecule has 0 amide bonds. The molecule has 2 aromatic rings. The maximum Gasteiger partial charge on any atom is 0.207 e. The number of carbonyl (C=O) groups excluding carboxylic acids is 1. The van der Waals surface area contributed by atoms with E-state index in [-0.39, 0.29) is 53.7 Å². The maximum absolute atomic E-state index is 15.5. The summed E-state index contributed by atoms with van der Waals surface area (Å²) in [5.74, 6) is 5.95. The Morgan fingerprint density at radius 1 is 0.971 bits per heavy atom. The van der Waals surface area contributed by atoms with Gasteiger partial charge in [0.2, 0.25) is 5.96 Å². The van der Waals surface area contributed by atoms with Crippen LogP contribution >= 0.6 is 0 Å². The van der Waals surface area contributed by atoms with Crippen LogP contribution in [0.5, 0.6) is 23.0 Å². The lowest BCUT2D eigenvalue weighted by Crippen LogP contribution is -2.50. The molecule has 5 fully saturated rings. The smallest absolute Gasteiger partial charge is 0.207 e. The first-order valence-electron chi connectivity index (χ1n) is 26.7. The minimum absolute atomic E-state index is 0.00398. The van der Waals surface area contributed by atoms with Crippen LogP contribution in [0.4, 0.5) is 5.69 Å². The molecule has 10 atom stereocenters. The predicted octanol–water partition coefficient (Wildman–Crippen LogP) is 9.67. The largest absolute Gasteiger partial charge is 0.504 e. The normalized spacial score (nSPS) is 32.8. The van der Waals surface area contributed by atoms with Crippen LogP contribution in [0.1, 0.15) is 153 Å². The number of aliphatic imine (C=N–C) groups is 1. The van der Waals surface area contributed by atoms with Crippen LogP contribution in [0.3, 0.4) is 0 Å². The Bertz CT molecular complexity index is 2200. The number of likely N-dealkylation sites (N-methyl/N-ethyl adjacent to an activating group) is 1. The molecule has 0 radical (unpaired) electrons. The standard InChI is InChI=1S/C57H82N4O8/c1-5-6-13-40-32-41(14-12-29-62)45-19-10-26-57(45)43-33-47(53(66)50(34-43)69-55(37-58-2)27-24-39(35-55)31-52(65)68-44-17-7-8-18-44)61-54(59-3)60-28-11-16-42-15-9-25-56(42,51(64)23-21-46(40)57)36-38-20-22-48(63)49(30-38)67-4/h20-23,30,33-34,39-42,44-46,52,58,62-63,65-66H,5-10,12-19,24-27,29,31-32,35-37H2,1-4H3,(H2,59,60,61)/b23-21+/t39-,40+,41+,42+,45+,46+,52-,55-,56-,57-/m1/s1. The van der Waals surface area contributed by atoms with E-state index < -0.39 is 22.7 Å². The highest BCUT2D eigenvalue weighted by Gasteiger charge is 2.57. The van der Waals surface area contributed by atoms with Gasteiger partial charge in [0.05, 0.1) is 18.9 Å². The average Bonchev–Trinajstić information content (AvgIpc) is 4.18. The van der Waals surface area contributed by atoms with Gasteiger partial charge in [-0.3, -0.25) is 15.1 Å². The number of allylic oxidation sites excluding steroid dienone is 2. The van der Waals surface area contributed by atoms with Crippen molar-refractivity contribution < 1.29 is 39.4 Å². The first kappa shape index (κ1) is 51.1. The number of unbranched alkanes of at least 4 members (excludes halogenated alkanes) is 1. The molecule has 5 aliphatic carbocycles. The van der Waals surface area contributed by atoms with Gasteiger partial charge in [0.1, 0.15) is 5.60 Å². The summed E-state index contributed by atoms with van der Waals surface area (Å²) in [5, 5.41) is 54.4. The van der Waals surface area contributed by atoms with E-state index in [2.05, 4.69) is 58.0 Å². The summed E-state index contributed by atoms with van der Waals surface area (Å²) >= 11 is 0. The first-order valence-corrected chi connectivity index (χ1v) is 26.7. The van der Waals surface area contributed by atoms with E-state index in [1.54, 1.807) is 20.2 Å². The number of aliphatic hydroxyl groups is 2. The number of benzene rings is 2. The summed E-state index contributed by atoms with van der Waals surface area (Å²) in [6.45, 7) is 2.98. The lowest BCUT2D eigenvalue weighted by atomic mass is 9.50. The van der Waals surface area contributed by atoms with Crippen molar-refractivity contribution in [2.24, 2.45) is 45.9 Å². The Hall–Kier alpha value is -4.28. The molecule has 6 aliphatic rings. The number of phenols is 2. The molecule has 12 nitrogen and oxygen atoms in total. The fourth-order valence-corrected chi connectivity index (χ4v) is 14.6. The molecule has 69 heavy (non-hydrogen) atoms. The number of anilines is 1. The van der Waals surface area contributed by atoms with Crippen LogP contribution in [-0.4, -0.2) is 84.5 Å². The molecule has 7 N–H and O–H groups in total. The molecule has 8 rings (SSSR count). The zero-order valence-corrected chi connectivity index (χ0v) is 42.0. The number of nitrogens with zero attached hydrogens (tertiary/aromatic N) is 1. The molecule has 12 heteroatoms. The second-order valence-corrected chi connectivity index (χ2v) is 21.8. The summed E-state index contributed by atoms with van der Waals surface area (Å²) in [4.78, 5) is 20.1. The van der Waals surface area contributed by atoms with Crippen LogP contribution in [0.2, 0.25) is 0 Å². The molecule has 0 aromatic heterocycles. The van der Waals surface area contributed by atoms with Gasteiger partial charge < -0.3 is 45.3 Å². The number of fused-ring (bicyclic) bond motifs is 3. The molecule has 2 aromatic carbocycles. The molecule has 2 bridgehead atoms. The molecular weight excluding hydrogens is 869 g/mol. The van der Waals surface area contributed by atoms with Crippen LogP contribution < -0.4 is 25.4 Å². The Labute approximate surface area is 411 Å². The number of guanidine groups is 1. The van der Waals surface area contributed by atoms with Gasteiger partial charge in [-0.25, -0.2) is 0 Å². The number of aromatic hydroxyl groups is 2. The number of hydrogen-bond acceptors (Lipinski definition) is 10. The SMILES string of the molecule is CCCC[C@H]1C[C@H](CCCO)[C@@H]2CCC[C@@]23c2cc(c(O)c(O[C@]4(CNC)CC[C@H](C[C@H](O)OC5CCCC5)C4)c2)NC(=NC)NC#CC[C@@H]2CCC[C@]2(Cc2ccc(O)c(OC)c2)C(=O)/C=C/[C@@H]13. The van der Waals surface area contributed by atoms with Crippen molar-refractivity contribution in [2.75, 3.05) is 39.7 Å². The molecule has 1 spiro atoms. The predicted molar refractivity (Wildman–Crippen MR) is 271 cm³/mol. The van der Waals surface area contributed by atoms with Crippen LogP contribution in [0.15, 0.2) is 47.5 Å². The molecule has 0 saturated heterocycles. The zero-order valence-electron chi connectivity index (χ0n) is 42.0. The van der Waals surface area contributed by atoms with Gasteiger partial charge in [-0.05, 0) is 174 Å². The third-order valence-corrected chi connectivity index (χ3v) is 17.8. The van der Waals surface area contributed by atoms with Crippen molar-refractivity contribution in [1.29, 1.82) is 0 Å². The lowest BCUT2D eigenvalue weighted by Gasteiger charge is -2.54. The molecule has 1 heterocycles. The average molecular weight is 951 g/mol. The Kier molecular flexibility index (Phi) is 16.9. The third kappa shape index (κ3) is 11.0. The molecule has 378 valence electrons. The number of nitrogens with one attached hydrogen (secondary N) is 3. The number of rotatable bonds is 17. The summed E-state index contributed by atoms with van der Waals surface area (Å²) in [6.07, 6.45) is 23.2. The number of hydrogen-bond donors (Lipinski definition) is 7. The van der Waals surface area contributed by atoms with Crippen molar-refractivity contribution in [2.45, 2.75) is 172 Å². The summed E-state index contributed by atoms with van der Waals surface area (Å²) in [6, 6.07) is 12.8. The number of phenolic OH excluding ortho intramolecular Hbond substituents is 2. The van der Waals surface area contributed by atoms with Crippen molar-refractivity contribution in [3.05, 3.63) is 53.6 Å². The van der Waals surface area contributed by atoms with Gasteiger partial charge in [-0.1, -0.05) is 63.5 Å². The second-order valence-electron chi connectivity index (χ2n) is 21.8. The second kappa shape index (κ2) is 22.9. The Morgan fingerprint density at radius 2 is 1.78 bits per heavy atom. The summed E-state index contributed by atoms with van der Waals surface area (Å²) in [5.41, 5.74) is 0.782. The van der Waals surface area contributed by atoms with E-state index in [9.17, 15) is 20.4 Å². The van der Waals surface area contributed by atoms with Gasteiger partial charge in [0.15, 0.2) is 35.1 Å². The fraction of sp³-hybridized carbons (Fsp3) is 0.684. The summed E-state index contributed by atoms with van der Waals surface area (Å²) in [7, 11) is 5.19. The van der Waals surface area contributed by atoms with Crippen LogP contribution in [0, 0.1) is 52.9 Å². The minimum Gasteiger partial charge on any atom is -0.504 e. The molecule has 0 unspecified atom stereocenters. The molecule has 5 saturated carbocycles. The summed E-state index contributed by atoms with van der Waals surface area (Å²) < 4.78 is 18.9. The fourth-order valence-electron chi connectivity index (χ4n) is 14.6. The Morgan fingerprint density at radius 3 is 2.55 bits per heavy atom. The highest BCUT2D eigenvalue weighted by Crippen LogP contribution is 2.64. The topological polar surface area (TPSA) is 174 Å². The Balaban J connectivity index is 1.25. The third-order valence-electron chi connectivity index (χ3n) is 17.8. The number of ether oxygens (including phenoxy) is 3. The van der Waals surface area contributed by atoms with Crippen LogP contribution in [-0.2, 0) is 21.4 Å². The van der Waals surface area contributed by atoms with E-state index in [1.165, 1.54) is 0 Å². The van der Waals surface area contributed by atoms with Crippen molar-refractivity contribution in [1.82, 2.24) is 10.6 Å². The van der Waals surface area contributed by atoms with E-state index in [1.807, 2.05) is 25.3 Å². The van der Waals surface area contributed by atoms with E-state index >= 15 is 4.79 Å². The minimum atomic E-state index is -0.814. The highest BCUT2D eigenvalue weighted by molar-refractivity contribution is 5.97. The quantitative estimate of drug-likeness (QED) is 0.0457. The number of carbonyl (C=O) groups is 1. The van der Waals surface area contributed by atoms with Gasteiger partial charge >= 0.3 is 0 Å². The van der Waals surface area contributed by atoms with Crippen molar-refractivity contribution >= 4 is 17.4 Å². The zero-order chi connectivity index (χ0) is 48.6. The lowest BCUT2D eigenvalue weighted by molar-refractivity contribution is -0.143. The number of methoxy groups -OCH3 is 1. The van der Waals surface area contributed by atoms with E-state index in [4.69, 9.17) is 14.2 Å². The molecule has 1 aliphatic heterocycles. The maximum atomic E-state index is 15.5. The highest BCUT2D eigenvalue weighted by atomic mass is 16.6.